The van der Waals surface area contributed by atoms with Crippen molar-refractivity contribution in [2.24, 2.45) is 9.98 Å². The van der Waals surface area contributed by atoms with Gasteiger partial charge in [0.05, 0.1) is 17.1 Å². The minimum absolute atomic E-state index is 0.873. The number of hydrogen-bond donors (Lipinski definition) is 0. The van der Waals surface area contributed by atoms with Crippen LogP contribution in [0.3, 0.4) is 0 Å². The Balaban J connectivity index is 1.78. The quantitative estimate of drug-likeness (QED) is 0.0358. The minimum atomic E-state index is 0.873. The van der Waals surface area contributed by atoms with E-state index in [0.29, 0.717) is 0 Å². The van der Waals surface area contributed by atoms with Gasteiger partial charge in [-0.1, -0.05) is 450 Å². The van der Waals surface area contributed by atoms with E-state index in [4.69, 9.17) is 9.98 Å². The molecule has 0 heterocycles. The molecule has 0 saturated heterocycles. The minimum Gasteiger partial charge on any atom is -0.251 e. The molecule has 0 radical (unpaired) electrons. The zero-order chi connectivity index (χ0) is 64.7. The summed E-state index contributed by atoms with van der Waals surface area (Å²) in [7, 11) is 0. The summed E-state index contributed by atoms with van der Waals surface area (Å²) >= 11 is 0. The molecule has 2 aromatic rings. The third-order valence-corrected chi connectivity index (χ3v) is 20.2. The van der Waals surface area contributed by atoms with Crippen LogP contribution in [0, 0.1) is 11.8 Å². The van der Waals surface area contributed by atoms with Crippen molar-refractivity contribution >= 4 is 22.8 Å². The fraction of sp³-hybridized carbons (Fsp3) is 0.820. The Morgan fingerprint density at radius 3 is 0.681 bits per heavy atom. The molecule has 91 heavy (non-hydrogen) atoms. The molecule has 0 unspecified atom stereocenters. The molecule has 0 fully saturated rings. The third-order valence-electron chi connectivity index (χ3n) is 20.2. The number of aryl methyl sites for hydroxylation is 2. The third kappa shape index (κ3) is 58.4. The van der Waals surface area contributed by atoms with Gasteiger partial charge in [-0.3, -0.25) is 4.99 Å². The molecule has 524 valence electrons. The molecule has 0 bridgehead atoms. The van der Waals surface area contributed by atoms with Gasteiger partial charge >= 0.3 is 0 Å². The van der Waals surface area contributed by atoms with Crippen LogP contribution in [0.2, 0.25) is 0 Å². The molecule has 0 aliphatic heterocycles. The Labute approximate surface area is 571 Å². The summed E-state index contributed by atoms with van der Waals surface area (Å²) in [4.78, 5) is 10.7. The Kier molecular flexibility index (Phi) is 65.1. The first-order valence-corrected chi connectivity index (χ1v) is 42.0. The van der Waals surface area contributed by atoms with Crippen LogP contribution < -0.4 is 0 Å². The smallest absolute Gasteiger partial charge is 0.135 e. The molecule has 0 aliphatic rings. The molecule has 0 aliphatic carbocycles. The molecule has 2 aromatic carbocycles. The van der Waals surface area contributed by atoms with E-state index in [9.17, 15) is 0 Å². The molecule has 0 amide bonds. The molecule has 0 atom stereocenters. The highest BCUT2D eigenvalue weighted by molar-refractivity contribution is 6.49. The van der Waals surface area contributed by atoms with Crippen LogP contribution in [0.25, 0.3) is 0 Å². The highest BCUT2D eigenvalue weighted by atomic mass is 14.8. The zero-order valence-corrected chi connectivity index (χ0v) is 62.3. The van der Waals surface area contributed by atoms with Crippen molar-refractivity contribution in [3.63, 3.8) is 0 Å². The van der Waals surface area contributed by atoms with Gasteiger partial charge in [0.1, 0.15) is 5.71 Å². The maximum Gasteiger partial charge on any atom is 0.135 e. The van der Waals surface area contributed by atoms with Gasteiger partial charge in [0.15, 0.2) is 0 Å². The van der Waals surface area contributed by atoms with Crippen molar-refractivity contribution < 1.29 is 0 Å². The molecular formula is C89H158N2. The molecule has 0 spiro atoms. The first-order valence-electron chi connectivity index (χ1n) is 42.0. The predicted octanol–water partition coefficient (Wildman–Crippen LogP) is 31.8. The lowest BCUT2D eigenvalue weighted by atomic mass is 10.0. The fourth-order valence-electron chi connectivity index (χ4n) is 13.8. The second-order valence-corrected chi connectivity index (χ2v) is 29.2. The monoisotopic (exact) mass is 1260 g/mol. The molecular weight excluding hydrogens is 1100 g/mol. The molecule has 2 heteroatoms. The molecule has 2 nitrogen and oxygen atoms in total. The predicted molar refractivity (Wildman–Crippen MR) is 414 cm³/mol. The summed E-state index contributed by atoms with van der Waals surface area (Å²) in [5.41, 5.74) is 6.84. The number of aliphatic imine (C=N–C) groups is 2. The largest absolute Gasteiger partial charge is 0.251 e. The van der Waals surface area contributed by atoms with E-state index < -0.39 is 0 Å². The van der Waals surface area contributed by atoms with E-state index in [1.165, 1.54) is 422 Å². The van der Waals surface area contributed by atoms with Crippen molar-refractivity contribution in [1.29, 1.82) is 0 Å². The number of unbranched alkanes of at least 4 members (excludes halogenated alkanes) is 62. The van der Waals surface area contributed by atoms with Crippen molar-refractivity contribution in [3.8, 4) is 11.8 Å². The van der Waals surface area contributed by atoms with E-state index in [0.717, 1.165) is 54.9 Å². The van der Waals surface area contributed by atoms with Gasteiger partial charge in [0.25, 0.3) is 0 Å². The zero-order valence-electron chi connectivity index (χ0n) is 62.3. The first kappa shape index (κ1) is 84.4. The summed E-state index contributed by atoms with van der Waals surface area (Å²) < 4.78 is 0. The van der Waals surface area contributed by atoms with E-state index in [1.54, 1.807) is 0 Å². The van der Waals surface area contributed by atoms with Gasteiger partial charge in [-0.2, -0.15) is 0 Å². The van der Waals surface area contributed by atoms with Gasteiger partial charge < -0.3 is 0 Å². The molecule has 0 aromatic heterocycles. The first-order chi connectivity index (χ1) is 45.2. The van der Waals surface area contributed by atoms with Crippen molar-refractivity contribution in [1.82, 2.24) is 0 Å². The number of nitrogens with zero attached hydrogens (tertiary/aromatic N) is 2. The SMILES string of the molecule is CCCCCCCCCCCCCCCCCCCCCCCC#CC(=Nc1ccc(CCCCCCCCCCCCCCCCCCCCCCC)cc1)C(CCCC)=Nc1ccc(CCCCCCCCCCCCCCCCCCCCCCC)cc1. The average Bonchev–Trinajstić information content (AvgIpc) is 3.18. The van der Waals surface area contributed by atoms with Crippen LogP contribution in [0.15, 0.2) is 58.5 Å². The normalized spacial score (nSPS) is 12.0. The van der Waals surface area contributed by atoms with Crippen molar-refractivity contribution in [2.45, 2.75) is 471 Å². The van der Waals surface area contributed by atoms with Crippen molar-refractivity contribution in [2.75, 3.05) is 0 Å². The highest BCUT2D eigenvalue weighted by Crippen LogP contribution is 2.24. The summed E-state index contributed by atoms with van der Waals surface area (Å²) in [5.74, 6) is 7.24. The van der Waals surface area contributed by atoms with Crippen molar-refractivity contribution in [3.05, 3.63) is 59.7 Å². The van der Waals surface area contributed by atoms with E-state index >= 15 is 0 Å². The lowest BCUT2D eigenvalue weighted by Crippen LogP contribution is -2.12. The summed E-state index contributed by atoms with van der Waals surface area (Å²) in [5, 5.41) is 0. The molecule has 2 rings (SSSR count). The van der Waals surface area contributed by atoms with Crippen LogP contribution in [0.1, 0.15) is 469 Å². The second kappa shape index (κ2) is 70.1. The Morgan fingerprint density at radius 2 is 0.440 bits per heavy atom. The van der Waals surface area contributed by atoms with Gasteiger partial charge in [-0.05, 0) is 86.3 Å². The maximum atomic E-state index is 5.35. The highest BCUT2D eigenvalue weighted by Gasteiger charge is 2.10. The number of rotatable bonds is 71. The van der Waals surface area contributed by atoms with Crippen LogP contribution in [-0.4, -0.2) is 11.4 Å². The Morgan fingerprint density at radius 1 is 0.231 bits per heavy atom. The maximum absolute atomic E-state index is 5.35. The standard InChI is InChI=1S/C89H158N2/c1-5-9-13-16-19-22-25-28-31-34-37-40-41-44-47-50-53-56-59-62-65-68-71-75-89(91-87-82-78-85(79-83-87)73-70-67-64-61-58-55-52-49-46-43-39-36-33-30-27-24-21-18-15-11-7-3)88(74-12-8-4)90-86-80-76-84(77-81-86)72-69-66-63-60-57-54-51-48-45-42-38-35-32-29-26-23-20-17-14-10-6-2/h76-83H,5-70,72-74H2,1-4H3. The van der Waals surface area contributed by atoms with Gasteiger partial charge in [0, 0.05) is 6.42 Å². The Hall–Kier alpha value is -2.66. The van der Waals surface area contributed by atoms with Crippen LogP contribution in [-0.2, 0) is 12.8 Å². The number of hydrogen-bond acceptors (Lipinski definition) is 2. The number of benzene rings is 2. The van der Waals surface area contributed by atoms with Gasteiger partial charge in [-0.15, -0.1) is 0 Å². The molecule has 0 saturated carbocycles. The fourth-order valence-corrected chi connectivity index (χ4v) is 13.8. The van der Waals surface area contributed by atoms with E-state index in [-0.39, 0.29) is 0 Å². The average molecular weight is 1260 g/mol. The van der Waals surface area contributed by atoms with Gasteiger partial charge in [-0.25, -0.2) is 4.99 Å². The van der Waals surface area contributed by atoms with Crippen LogP contribution >= 0.6 is 0 Å². The summed E-state index contributed by atoms with van der Waals surface area (Å²) in [6, 6.07) is 18.3. The van der Waals surface area contributed by atoms with Gasteiger partial charge in [0.2, 0.25) is 0 Å². The second-order valence-electron chi connectivity index (χ2n) is 29.2. The van der Waals surface area contributed by atoms with E-state index in [1.807, 2.05) is 0 Å². The lowest BCUT2D eigenvalue weighted by Gasteiger charge is -2.08. The summed E-state index contributed by atoms with van der Waals surface area (Å²) in [6.45, 7) is 9.23. The molecule has 0 N–H and O–H groups in total. The summed E-state index contributed by atoms with van der Waals surface area (Å²) in [6.07, 6.45) is 96.2. The Bertz CT molecular complexity index is 1870. The topological polar surface area (TPSA) is 24.7 Å². The van der Waals surface area contributed by atoms with Crippen LogP contribution in [0.5, 0.6) is 0 Å². The van der Waals surface area contributed by atoms with Crippen LogP contribution in [0.4, 0.5) is 11.4 Å². The van der Waals surface area contributed by atoms with E-state index in [2.05, 4.69) is 88.1 Å². The lowest BCUT2D eigenvalue weighted by molar-refractivity contribution is 0.520.